The van der Waals surface area contributed by atoms with E-state index in [0.29, 0.717) is 5.02 Å². The first-order valence-corrected chi connectivity index (χ1v) is 6.04. The van der Waals surface area contributed by atoms with Gasteiger partial charge in [-0.15, -0.1) is 22.9 Å². The molecule has 2 rings (SSSR count). The van der Waals surface area contributed by atoms with E-state index in [0.717, 1.165) is 26.8 Å². The predicted molar refractivity (Wildman–Crippen MR) is 66.2 cm³/mol. The van der Waals surface area contributed by atoms with E-state index in [1.165, 1.54) is 0 Å². The zero-order valence-electron chi connectivity index (χ0n) is 7.96. The number of thiophene rings is 1. The first-order chi connectivity index (χ1) is 7.13. The first-order valence-electron chi connectivity index (χ1n) is 4.41. The van der Waals surface area contributed by atoms with E-state index in [-0.39, 0.29) is 0 Å². The van der Waals surface area contributed by atoms with Gasteiger partial charge in [0.25, 0.3) is 0 Å². The molecule has 0 aliphatic rings. The van der Waals surface area contributed by atoms with Crippen LogP contribution in [0.3, 0.4) is 0 Å². The predicted octanol–water partition coefficient (Wildman–Crippen LogP) is 4.34. The zero-order valence-corrected chi connectivity index (χ0v) is 10.3. The largest absolute Gasteiger partial charge is 0.301 e. The molecule has 1 atom stereocenters. The van der Waals surface area contributed by atoms with Crippen molar-refractivity contribution in [2.75, 3.05) is 0 Å². The third kappa shape index (κ3) is 1.89. The molecule has 2 aromatic rings. The molecule has 0 spiro atoms. The summed E-state index contributed by atoms with van der Waals surface area (Å²) >= 11 is 13.4. The fourth-order valence-electron chi connectivity index (χ4n) is 1.54. The smallest absolute Gasteiger partial charge is 0.143 e. The van der Waals surface area contributed by atoms with Gasteiger partial charge in [-0.3, -0.25) is 0 Å². The molecule has 78 valence electrons. The molecule has 1 unspecified atom stereocenters. The molecular weight excluding hydrogens is 251 g/mol. The highest BCUT2D eigenvalue weighted by Crippen LogP contribution is 2.37. The normalized spacial score (nSPS) is 13.0. The average molecular weight is 259 g/mol. The van der Waals surface area contributed by atoms with Gasteiger partial charge in [-0.05, 0) is 36.1 Å². The molecule has 0 amide bonds. The molecule has 0 saturated heterocycles. The lowest BCUT2D eigenvalue weighted by Crippen LogP contribution is -1.88. The van der Waals surface area contributed by atoms with Crippen molar-refractivity contribution in [1.82, 2.24) is 0 Å². The van der Waals surface area contributed by atoms with E-state index >= 15 is 0 Å². The number of aldehydes is 1. The van der Waals surface area contributed by atoms with Gasteiger partial charge in [-0.1, -0.05) is 11.6 Å². The van der Waals surface area contributed by atoms with Crippen molar-refractivity contribution in [3.63, 3.8) is 0 Å². The van der Waals surface area contributed by atoms with Crippen LogP contribution in [0.15, 0.2) is 18.2 Å². The van der Waals surface area contributed by atoms with Crippen molar-refractivity contribution in [3.8, 4) is 0 Å². The maximum Gasteiger partial charge on any atom is 0.143 e. The van der Waals surface area contributed by atoms with E-state index < -0.39 is 5.38 Å². The molecule has 0 bridgehead atoms. The SMILES string of the molecule is Cc1c(C(Cl)C=O)sc2ccc(Cl)cc12. The Bertz CT molecular complexity index is 519. The molecule has 1 nitrogen and oxygen atoms in total. The van der Waals surface area contributed by atoms with E-state index in [1.54, 1.807) is 11.3 Å². The summed E-state index contributed by atoms with van der Waals surface area (Å²) in [5.41, 5.74) is 1.05. The number of alkyl halides is 1. The van der Waals surface area contributed by atoms with E-state index in [2.05, 4.69) is 0 Å². The topological polar surface area (TPSA) is 17.1 Å². The minimum absolute atomic E-state index is 0.554. The third-order valence-electron chi connectivity index (χ3n) is 2.31. The minimum Gasteiger partial charge on any atom is -0.301 e. The summed E-state index contributed by atoms with van der Waals surface area (Å²) in [4.78, 5) is 11.6. The number of hydrogen-bond acceptors (Lipinski definition) is 2. The Labute approximate surface area is 102 Å². The van der Waals surface area contributed by atoms with Crippen molar-refractivity contribution in [2.45, 2.75) is 12.3 Å². The lowest BCUT2D eigenvalue weighted by Gasteiger charge is -1.98. The summed E-state index contributed by atoms with van der Waals surface area (Å²) < 4.78 is 1.11. The third-order valence-corrected chi connectivity index (χ3v) is 4.35. The lowest BCUT2D eigenvalue weighted by atomic mass is 10.1. The van der Waals surface area contributed by atoms with Crippen LogP contribution in [0.2, 0.25) is 5.02 Å². The van der Waals surface area contributed by atoms with Crippen molar-refractivity contribution in [3.05, 3.63) is 33.7 Å². The summed E-state index contributed by atoms with van der Waals surface area (Å²) in [7, 11) is 0. The van der Waals surface area contributed by atoms with Gasteiger partial charge in [0.05, 0.1) is 0 Å². The van der Waals surface area contributed by atoms with Gasteiger partial charge in [0.2, 0.25) is 0 Å². The van der Waals surface area contributed by atoms with Gasteiger partial charge in [0.15, 0.2) is 0 Å². The molecule has 1 aromatic carbocycles. The fraction of sp³-hybridized carbons (Fsp3) is 0.182. The molecule has 0 saturated carbocycles. The van der Waals surface area contributed by atoms with Crippen LogP contribution in [-0.2, 0) is 4.79 Å². The van der Waals surface area contributed by atoms with E-state index in [9.17, 15) is 4.79 Å². The van der Waals surface area contributed by atoms with Gasteiger partial charge in [-0.2, -0.15) is 0 Å². The summed E-state index contributed by atoms with van der Waals surface area (Å²) in [5.74, 6) is 0. The van der Waals surface area contributed by atoms with Crippen LogP contribution in [-0.4, -0.2) is 6.29 Å². The summed E-state index contributed by atoms with van der Waals surface area (Å²) in [6.07, 6.45) is 0.751. The molecule has 0 fully saturated rings. The number of benzene rings is 1. The molecule has 0 aliphatic heterocycles. The highest BCUT2D eigenvalue weighted by molar-refractivity contribution is 7.19. The van der Waals surface area contributed by atoms with Crippen molar-refractivity contribution >= 4 is 50.9 Å². The number of aryl methyl sites for hydroxylation is 1. The molecule has 0 aliphatic carbocycles. The Morgan fingerprint density at radius 2 is 2.20 bits per heavy atom. The molecular formula is C11H8Cl2OS. The van der Waals surface area contributed by atoms with Crippen molar-refractivity contribution in [1.29, 1.82) is 0 Å². The Kier molecular flexibility index (Phi) is 3.01. The van der Waals surface area contributed by atoms with Gasteiger partial charge in [0, 0.05) is 14.6 Å². The number of rotatable bonds is 2. The van der Waals surface area contributed by atoms with Crippen LogP contribution in [0.5, 0.6) is 0 Å². The molecule has 4 heteroatoms. The van der Waals surface area contributed by atoms with Crippen LogP contribution in [0.1, 0.15) is 15.8 Å². The first kappa shape index (κ1) is 10.9. The van der Waals surface area contributed by atoms with E-state index in [4.69, 9.17) is 23.2 Å². The molecule has 1 aromatic heterocycles. The molecule has 15 heavy (non-hydrogen) atoms. The zero-order chi connectivity index (χ0) is 11.0. The summed E-state index contributed by atoms with van der Waals surface area (Å²) in [5, 5.41) is 1.23. The van der Waals surface area contributed by atoms with Crippen LogP contribution in [0.25, 0.3) is 10.1 Å². The van der Waals surface area contributed by atoms with Crippen molar-refractivity contribution < 1.29 is 4.79 Å². The molecule has 0 radical (unpaired) electrons. The van der Waals surface area contributed by atoms with E-state index in [1.807, 2.05) is 25.1 Å². The average Bonchev–Trinajstić information content (AvgIpc) is 2.55. The number of fused-ring (bicyclic) bond motifs is 1. The maximum atomic E-state index is 10.6. The number of hydrogen-bond donors (Lipinski definition) is 0. The van der Waals surface area contributed by atoms with Crippen LogP contribution < -0.4 is 0 Å². The number of carbonyl (C=O) groups excluding carboxylic acids is 1. The Hall–Kier alpha value is -0.570. The second-order valence-electron chi connectivity index (χ2n) is 3.27. The monoisotopic (exact) mass is 258 g/mol. The molecule has 1 heterocycles. The Morgan fingerprint density at radius 3 is 2.87 bits per heavy atom. The van der Waals surface area contributed by atoms with Gasteiger partial charge in [0.1, 0.15) is 11.7 Å². The Morgan fingerprint density at radius 1 is 1.47 bits per heavy atom. The number of halogens is 2. The summed E-state index contributed by atoms with van der Waals surface area (Å²) in [6.45, 7) is 1.96. The number of carbonyl (C=O) groups is 1. The highest BCUT2D eigenvalue weighted by Gasteiger charge is 2.15. The standard InChI is InChI=1S/C11H8Cl2OS/c1-6-8-4-7(12)2-3-10(8)15-11(6)9(13)5-14/h2-5,9H,1H3. The van der Waals surface area contributed by atoms with Gasteiger partial charge in [-0.25, -0.2) is 0 Å². The van der Waals surface area contributed by atoms with Crippen LogP contribution in [0, 0.1) is 6.92 Å². The second-order valence-corrected chi connectivity index (χ2v) is 5.26. The lowest BCUT2D eigenvalue weighted by molar-refractivity contribution is -0.107. The maximum absolute atomic E-state index is 10.6. The highest BCUT2D eigenvalue weighted by atomic mass is 35.5. The second kappa shape index (κ2) is 4.12. The van der Waals surface area contributed by atoms with Gasteiger partial charge < -0.3 is 4.79 Å². The summed E-state index contributed by atoms with van der Waals surface area (Å²) in [6, 6.07) is 5.70. The quantitative estimate of drug-likeness (QED) is 0.579. The Balaban J connectivity index is 2.69. The van der Waals surface area contributed by atoms with Crippen molar-refractivity contribution in [2.24, 2.45) is 0 Å². The van der Waals surface area contributed by atoms with Gasteiger partial charge >= 0.3 is 0 Å². The molecule has 0 N–H and O–H groups in total. The van der Waals surface area contributed by atoms with Crippen LogP contribution >= 0.6 is 34.5 Å². The fourth-order valence-corrected chi connectivity index (χ4v) is 3.13. The minimum atomic E-state index is -0.554. The van der Waals surface area contributed by atoms with Crippen LogP contribution in [0.4, 0.5) is 0 Å².